The number of rotatable bonds is 8. The van der Waals surface area contributed by atoms with Gasteiger partial charge in [-0.15, -0.1) is 0 Å². The van der Waals surface area contributed by atoms with Crippen molar-refractivity contribution in [3.63, 3.8) is 0 Å². The molecule has 5 atom stereocenters. The van der Waals surface area contributed by atoms with Gasteiger partial charge in [-0.3, -0.25) is 19.4 Å². The van der Waals surface area contributed by atoms with Crippen molar-refractivity contribution in [2.24, 2.45) is 5.92 Å². The number of aliphatic hydroxyl groups excluding tert-OH is 1. The van der Waals surface area contributed by atoms with E-state index in [9.17, 15) is 24.3 Å². The number of hydrogen-bond donors (Lipinski definition) is 2. The summed E-state index contributed by atoms with van der Waals surface area (Å²) in [4.78, 5) is 72.7. The van der Waals surface area contributed by atoms with Crippen LogP contribution in [0.5, 0.6) is 0 Å². The summed E-state index contributed by atoms with van der Waals surface area (Å²) in [5.41, 5.74) is 3.18. The number of cyclic esters (lactones) is 2. The second-order valence-electron chi connectivity index (χ2n) is 15.2. The molecule has 13 nitrogen and oxygen atoms in total. The van der Waals surface area contributed by atoms with Gasteiger partial charge < -0.3 is 33.9 Å². The number of carbonyl (C=O) groups is 4. The molecule has 8 rings (SSSR count). The fraction of sp³-hybridized carbons (Fsp3) is 0.436. The molecule has 0 bridgehead atoms. The zero-order valence-electron chi connectivity index (χ0n) is 30.1. The van der Waals surface area contributed by atoms with Crippen LogP contribution in [-0.4, -0.2) is 92.2 Å². The first-order valence-electron chi connectivity index (χ1n) is 18.2. The van der Waals surface area contributed by atoms with Gasteiger partial charge in [-0.1, -0.05) is 43.3 Å². The third-order valence-corrected chi connectivity index (χ3v) is 14.1. The van der Waals surface area contributed by atoms with Crippen LogP contribution in [0.3, 0.4) is 0 Å². The van der Waals surface area contributed by atoms with Crippen molar-refractivity contribution in [1.82, 2.24) is 4.90 Å². The van der Waals surface area contributed by atoms with Crippen LogP contribution < -0.4 is 14.7 Å². The van der Waals surface area contributed by atoms with Crippen LogP contribution >= 0.6 is 0 Å². The maximum Gasteiger partial charge on any atom is 0.414 e. The van der Waals surface area contributed by atoms with E-state index >= 15 is 4.79 Å². The van der Waals surface area contributed by atoms with E-state index in [0.29, 0.717) is 55.3 Å². The number of hydrogen-bond acceptors (Lipinski definition) is 9. The largest absolute Gasteiger partial charge is 0.447 e. The molecule has 5 aliphatic heterocycles. The van der Waals surface area contributed by atoms with Crippen molar-refractivity contribution in [2.45, 2.75) is 69.2 Å². The lowest BCUT2D eigenvalue weighted by Crippen LogP contribution is -2.48. The average Bonchev–Trinajstić information content (AvgIpc) is 3.89. The van der Waals surface area contributed by atoms with E-state index in [1.807, 2.05) is 80.7 Å². The quantitative estimate of drug-likeness (QED) is 0.323. The van der Waals surface area contributed by atoms with Gasteiger partial charge in [-0.2, -0.15) is 0 Å². The number of nitrogens with zero attached hydrogens (tertiary/aromatic N) is 4. The lowest BCUT2D eigenvalue weighted by Gasteiger charge is -2.37. The van der Waals surface area contributed by atoms with E-state index in [0.717, 1.165) is 16.7 Å². The molecule has 14 heteroatoms. The first kappa shape index (κ1) is 35.3. The number of carbonyl (C=O) groups excluding carboxylic acids is 4. The normalized spacial score (nSPS) is 26.7. The molecule has 0 aromatic heterocycles. The first-order chi connectivity index (χ1) is 25.4. The van der Waals surface area contributed by atoms with Gasteiger partial charge in [0.25, 0.3) is 5.91 Å². The number of anilines is 3. The Balaban J connectivity index is 1.17. The Morgan fingerprint density at radius 2 is 1.58 bits per heavy atom. The number of benzene rings is 3. The highest BCUT2D eigenvalue weighted by atomic mass is 28.4. The lowest BCUT2D eigenvalue weighted by molar-refractivity contribution is -0.151. The van der Waals surface area contributed by atoms with Gasteiger partial charge in [-0.05, 0) is 66.5 Å². The molecule has 278 valence electrons. The zero-order chi connectivity index (χ0) is 37.2. The molecule has 3 fully saturated rings. The monoisotopic (exact) mass is 740 g/mol. The van der Waals surface area contributed by atoms with Crippen LogP contribution in [-0.2, 0) is 48.9 Å². The van der Waals surface area contributed by atoms with E-state index in [2.05, 4.69) is 0 Å². The fourth-order valence-electron chi connectivity index (χ4n) is 9.18. The number of amides is 4. The Labute approximate surface area is 308 Å². The molecule has 5 aliphatic rings. The number of ether oxygens (including phenoxy) is 3. The SMILES string of the molecule is C[C@H]1[C@H]([Si](C)(C)O)[C@@H](CC(=O)N2Cc3ccccc3C[C@H]2CO)O[C@]12C(=O)N(Cc1cccc(N3CCOC3=O)c1)c1ccc(N3CCOC3=O)cc12. The van der Waals surface area contributed by atoms with Gasteiger partial charge in [0.05, 0.1) is 50.5 Å². The maximum absolute atomic E-state index is 15.1. The predicted octanol–water partition coefficient (Wildman–Crippen LogP) is 4.28. The Kier molecular flexibility index (Phi) is 8.83. The van der Waals surface area contributed by atoms with Gasteiger partial charge >= 0.3 is 12.2 Å². The van der Waals surface area contributed by atoms with Crippen molar-refractivity contribution in [3.05, 3.63) is 89.0 Å². The molecule has 53 heavy (non-hydrogen) atoms. The Morgan fingerprint density at radius 3 is 2.23 bits per heavy atom. The van der Waals surface area contributed by atoms with Crippen molar-refractivity contribution in [2.75, 3.05) is 47.6 Å². The highest BCUT2D eigenvalue weighted by molar-refractivity contribution is 6.71. The Hall–Kier alpha value is -4.76. The topological polar surface area (TPSA) is 149 Å². The molecule has 0 radical (unpaired) electrons. The molecule has 2 N–H and O–H groups in total. The Bertz CT molecular complexity index is 1990. The highest BCUT2D eigenvalue weighted by Crippen LogP contribution is 2.60. The van der Waals surface area contributed by atoms with E-state index in [1.54, 1.807) is 20.8 Å². The zero-order valence-corrected chi connectivity index (χ0v) is 31.1. The Morgan fingerprint density at radius 1 is 0.906 bits per heavy atom. The predicted molar refractivity (Wildman–Crippen MR) is 197 cm³/mol. The van der Waals surface area contributed by atoms with E-state index < -0.39 is 49.7 Å². The van der Waals surface area contributed by atoms with Gasteiger partial charge in [0.15, 0.2) is 13.9 Å². The summed E-state index contributed by atoms with van der Waals surface area (Å²) >= 11 is 0. The van der Waals surface area contributed by atoms with Crippen molar-refractivity contribution in [3.8, 4) is 0 Å². The molecule has 3 aromatic rings. The van der Waals surface area contributed by atoms with E-state index in [1.165, 1.54) is 4.90 Å². The third kappa shape index (κ3) is 5.88. The molecule has 0 unspecified atom stereocenters. The summed E-state index contributed by atoms with van der Waals surface area (Å²) in [6.45, 7) is 7.16. The number of fused-ring (bicyclic) bond motifs is 3. The minimum absolute atomic E-state index is 0.0822. The van der Waals surface area contributed by atoms with Crippen molar-refractivity contribution in [1.29, 1.82) is 0 Å². The van der Waals surface area contributed by atoms with E-state index in [4.69, 9.17) is 14.2 Å². The van der Waals surface area contributed by atoms with Crippen molar-refractivity contribution < 1.29 is 43.3 Å². The maximum atomic E-state index is 15.1. The first-order valence-corrected chi connectivity index (χ1v) is 21.2. The molecule has 1 spiro atoms. The summed E-state index contributed by atoms with van der Waals surface area (Å²) in [6.07, 6.45) is -1.27. The molecule has 4 amide bonds. The van der Waals surface area contributed by atoms with Crippen LogP contribution in [0.25, 0.3) is 0 Å². The minimum Gasteiger partial charge on any atom is -0.447 e. The molecule has 3 saturated heterocycles. The third-order valence-electron chi connectivity index (χ3n) is 11.6. The molecular weight excluding hydrogens is 697 g/mol. The van der Waals surface area contributed by atoms with Gasteiger partial charge in [0, 0.05) is 34.9 Å². The molecule has 0 aliphatic carbocycles. The van der Waals surface area contributed by atoms with Gasteiger partial charge in [0.1, 0.15) is 13.2 Å². The summed E-state index contributed by atoms with van der Waals surface area (Å²) in [5, 5.41) is 10.3. The van der Waals surface area contributed by atoms with Gasteiger partial charge in [0.2, 0.25) is 5.91 Å². The number of aliphatic hydroxyl groups is 1. The van der Waals surface area contributed by atoms with Crippen LogP contribution in [0, 0.1) is 5.92 Å². The van der Waals surface area contributed by atoms with Crippen molar-refractivity contribution >= 4 is 49.4 Å². The highest BCUT2D eigenvalue weighted by Gasteiger charge is 2.66. The summed E-state index contributed by atoms with van der Waals surface area (Å²) in [6, 6.07) is 20.3. The molecule has 3 aromatic carbocycles. The smallest absolute Gasteiger partial charge is 0.414 e. The summed E-state index contributed by atoms with van der Waals surface area (Å²) < 4.78 is 17.4. The van der Waals surface area contributed by atoms with Crippen LogP contribution in [0.4, 0.5) is 26.7 Å². The van der Waals surface area contributed by atoms with Gasteiger partial charge in [-0.25, -0.2) is 9.59 Å². The van der Waals surface area contributed by atoms with E-state index in [-0.39, 0.29) is 38.0 Å². The summed E-state index contributed by atoms with van der Waals surface area (Å²) in [7, 11) is -3.12. The second kappa shape index (κ2) is 13.3. The standard InChI is InChI=1S/C39H44N4O9Si/c1-24-35(53(2,3)49)33(20-34(45)42-22-27-9-5-4-8-26(27)18-30(42)23-44)52-39(24)31-19-29(41-14-16-51-38(41)48)11-12-32(31)43(36(39)46)21-25-7-6-10-28(17-25)40-13-15-50-37(40)47/h4-12,17,19,24,30,33,35,44,49H,13-16,18,20-23H2,1-3H3/t24-,30-,33+,35-,39+/m0/s1. The van der Waals surface area contributed by atoms with Crippen LogP contribution in [0.15, 0.2) is 66.7 Å². The molecule has 5 heterocycles. The molecular formula is C39H44N4O9Si. The second-order valence-corrected chi connectivity index (χ2v) is 19.2. The molecule has 0 saturated carbocycles. The van der Waals surface area contributed by atoms with Crippen LogP contribution in [0.1, 0.15) is 35.6 Å². The van der Waals surface area contributed by atoms with Crippen LogP contribution in [0.2, 0.25) is 18.6 Å². The summed E-state index contributed by atoms with van der Waals surface area (Å²) in [5.74, 6) is -1.10. The minimum atomic E-state index is -3.12. The lowest BCUT2D eigenvalue weighted by atomic mass is 9.82. The fourth-order valence-corrected chi connectivity index (χ4v) is 11.7. The average molecular weight is 741 g/mol.